The van der Waals surface area contributed by atoms with E-state index in [-0.39, 0.29) is 5.37 Å². The van der Waals surface area contributed by atoms with Crippen LogP contribution in [-0.4, -0.2) is 35.4 Å². The van der Waals surface area contributed by atoms with Gasteiger partial charge in [-0.05, 0) is 13.0 Å². The van der Waals surface area contributed by atoms with Gasteiger partial charge in [0.25, 0.3) is 0 Å². The minimum absolute atomic E-state index is 0.154. The molecule has 1 atom stereocenters. The summed E-state index contributed by atoms with van der Waals surface area (Å²) < 4.78 is 0. The molecule has 1 heterocycles. The molecule has 0 radical (unpaired) electrons. The number of unbranched alkanes of at least 4 members (excludes halogenated alkanes) is 2. The summed E-state index contributed by atoms with van der Waals surface area (Å²) in [6.45, 7) is 4.40. The van der Waals surface area contributed by atoms with Crippen molar-refractivity contribution in [2.45, 2.75) is 31.6 Å². The highest BCUT2D eigenvalue weighted by molar-refractivity contribution is 8.00. The smallest absolute Gasteiger partial charge is 0.147 e. The minimum atomic E-state index is 0.154. The molecule has 0 aliphatic carbocycles. The third kappa shape index (κ3) is 2.79. The van der Waals surface area contributed by atoms with Crippen molar-refractivity contribution in [3.63, 3.8) is 0 Å². The Morgan fingerprint density at radius 3 is 3.08 bits per heavy atom. The Hall–Kier alpha value is -0.0200. The van der Waals surface area contributed by atoms with Gasteiger partial charge in [-0.15, -0.1) is 11.8 Å². The third-order valence-electron chi connectivity index (χ3n) is 2.19. The molecule has 0 amide bonds. The summed E-state index contributed by atoms with van der Waals surface area (Å²) in [6, 6.07) is 0. The molecule has 1 unspecified atom stereocenters. The maximum atomic E-state index is 10.6. The summed E-state index contributed by atoms with van der Waals surface area (Å²) in [5.74, 6) is 1.12. The number of rotatable bonds is 5. The predicted octanol–water partition coefficient (Wildman–Crippen LogP) is 1.75. The van der Waals surface area contributed by atoms with Gasteiger partial charge in [-0.3, -0.25) is 4.90 Å². The van der Waals surface area contributed by atoms with Crippen LogP contribution in [0.2, 0.25) is 0 Å². The van der Waals surface area contributed by atoms with Gasteiger partial charge in [-0.2, -0.15) is 0 Å². The molecule has 1 fully saturated rings. The van der Waals surface area contributed by atoms with Gasteiger partial charge in [-0.1, -0.05) is 19.8 Å². The number of carbonyl (C=O) groups excluding carboxylic acids is 1. The molecule has 1 aliphatic heterocycles. The highest BCUT2D eigenvalue weighted by Gasteiger charge is 2.23. The van der Waals surface area contributed by atoms with Gasteiger partial charge in [-0.25, -0.2) is 0 Å². The van der Waals surface area contributed by atoms with E-state index in [4.69, 9.17) is 0 Å². The summed E-state index contributed by atoms with van der Waals surface area (Å²) in [6.07, 6.45) is 4.85. The van der Waals surface area contributed by atoms with E-state index in [1.807, 2.05) is 0 Å². The van der Waals surface area contributed by atoms with E-state index in [0.29, 0.717) is 0 Å². The average Bonchev–Trinajstić information content (AvgIpc) is 2.52. The van der Waals surface area contributed by atoms with Crippen molar-refractivity contribution in [1.82, 2.24) is 4.90 Å². The molecule has 2 nitrogen and oxygen atoms in total. The van der Waals surface area contributed by atoms with E-state index in [1.165, 1.54) is 19.3 Å². The average molecular weight is 187 g/mol. The normalized spacial score (nSPS) is 24.6. The van der Waals surface area contributed by atoms with Crippen LogP contribution in [0.3, 0.4) is 0 Å². The van der Waals surface area contributed by atoms with Gasteiger partial charge in [0.1, 0.15) is 11.7 Å². The fourth-order valence-electron chi connectivity index (χ4n) is 1.45. The third-order valence-corrected chi connectivity index (χ3v) is 3.36. The van der Waals surface area contributed by atoms with Crippen molar-refractivity contribution < 1.29 is 4.79 Å². The topological polar surface area (TPSA) is 20.3 Å². The lowest BCUT2D eigenvalue weighted by atomic mass is 10.2. The second-order valence-electron chi connectivity index (χ2n) is 3.14. The Labute approximate surface area is 78.7 Å². The number of thioether (sulfide) groups is 1. The SMILES string of the molecule is CCCCCN1CCSC1C=O. The first-order valence-corrected chi connectivity index (χ1v) is 5.74. The first-order chi connectivity index (χ1) is 5.88. The molecule has 0 spiro atoms. The second kappa shape index (κ2) is 5.60. The summed E-state index contributed by atoms with van der Waals surface area (Å²) in [5.41, 5.74) is 0. The highest BCUT2D eigenvalue weighted by Crippen LogP contribution is 2.21. The quantitative estimate of drug-likeness (QED) is 0.483. The molecule has 1 rings (SSSR count). The van der Waals surface area contributed by atoms with Crippen LogP contribution in [0.1, 0.15) is 26.2 Å². The van der Waals surface area contributed by atoms with Crippen LogP contribution >= 0.6 is 11.8 Å². The molecular weight excluding hydrogens is 170 g/mol. The molecular formula is C9H17NOS. The molecule has 0 aromatic rings. The summed E-state index contributed by atoms with van der Waals surface area (Å²) in [7, 11) is 0. The highest BCUT2D eigenvalue weighted by atomic mass is 32.2. The second-order valence-corrected chi connectivity index (χ2v) is 4.37. The van der Waals surface area contributed by atoms with Crippen LogP contribution < -0.4 is 0 Å². The molecule has 0 saturated carbocycles. The van der Waals surface area contributed by atoms with Crippen molar-refractivity contribution in [2.75, 3.05) is 18.8 Å². The van der Waals surface area contributed by atoms with Crippen molar-refractivity contribution in [2.24, 2.45) is 0 Å². The molecule has 1 aliphatic rings. The lowest BCUT2D eigenvalue weighted by Crippen LogP contribution is -2.30. The largest absolute Gasteiger partial charge is 0.301 e. The number of carbonyl (C=O) groups is 1. The maximum Gasteiger partial charge on any atom is 0.147 e. The van der Waals surface area contributed by atoms with E-state index in [2.05, 4.69) is 11.8 Å². The number of hydrogen-bond donors (Lipinski definition) is 0. The van der Waals surface area contributed by atoms with Gasteiger partial charge in [0.15, 0.2) is 0 Å². The minimum Gasteiger partial charge on any atom is -0.301 e. The zero-order valence-corrected chi connectivity index (χ0v) is 8.48. The first kappa shape index (κ1) is 10.1. The van der Waals surface area contributed by atoms with Crippen LogP contribution in [0.4, 0.5) is 0 Å². The fraction of sp³-hybridized carbons (Fsp3) is 0.889. The Kier molecular flexibility index (Phi) is 4.69. The van der Waals surface area contributed by atoms with Gasteiger partial charge in [0, 0.05) is 12.3 Å². The van der Waals surface area contributed by atoms with Crippen LogP contribution in [0.5, 0.6) is 0 Å². The lowest BCUT2D eigenvalue weighted by Gasteiger charge is -2.18. The Morgan fingerprint density at radius 1 is 1.58 bits per heavy atom. The maximum absolute atomic E-state index is 10.6. The van der Waals surface area contributed by atoms with Gasteiger partial charge < -0.3 is 4.79 Å². The lowest BCUT2D eigenvalue weighted by molar-refractivity contribution is -0.109. The molecule has 12 heavy (non-hydrogen) atoms. The summed E-state index contributed by atoms with van der Waals surface area (Å²) in [4.78, 5) is 12.9. The van der Waals surface area contributed by atoms with Crippen LogP contribution in [0, 0.1) is 0 Å². The molecule has 0 aromatic heterocycles. The molecule has 3 heteroatoms. The standard InChI is InChI=1S/C9H17NOS/c1-2-3-4-5-10-6-7-12-9(10)8-11/h8-9H,2-7H2,1H3. The van der Waals surface area contributed by atoms with Gasteiger partial charge >= 0.3 is 0 Å². The number of hydrogen-bond acceptors (Lipinski definition) is 3. The molecule has 1 saturated heterocycles. The van der Waals surface area contributed by atoms with E-state index >= 15 is 0 Å². The first-order valence-electron chi connectivity index (χ1n) is 4.69. The Morgan fingerprint density at radius 2 is 2.42 bits per heavy atom. The van der Waals surface area contributed by atoms with E-state index < -0.39 is 0 Å². The molecule has 0 N–H and O–H groups in total. The Bertz CT molecular complexity index is 140. The zero-order valence-electron chi connectivity index (χ0n) is 7.66. The van der Waals surface area contributed by atoms with Crippen LogP contribution in [0.15, 0.2) is 0 Å². The summed E-state index contributed by atoms with van der Waals surface area (Å²) in [5, 5.41) is 0.154. The van der Waals surface area contributed by atoms with Gasteiger partial charge in [0.2, 0.25) is 0 Å². The van der Waals surface area contributed by atoms with Gasteiger partial charge in [0.05, 0.1) is 0 Å². The Balaban J connectivity index is 2.17. The molecule has 0 aromatic carbocycles. The predicted molar refractivity (Wildman–Crippen MR) is 53.4 cm³/mol. The van der Waals surface area contributed by atoms with Crippen molar-refractivity contribution in [1.29, 1.82) is 0 Å². The monoisotopic (exact) mass is 187 g/mol. The number of aldehydes is 1. The zero-order chi connectivity index (χ0) is 8.81. The van der Waals surface area contributed by atoms with E-state index in [0.717, 1.165) is 25.1 Å². The summed E-state index contributed by atoms with van der Waals surface area (Å²) >= 11 is 1.77. The molecule has 70 valence electrons. The van der Waals surface area contributed by atoms with Crippen molar-refractivity contribution in [3.8, 4) is 0 Å². The van der Waals surface area contributed by atoms with Crippen molar-refractivity contribution >= 4 is 18.0 Å². The van der Waals surface area contributed by atoms with E-state index in [9.17, 15) is 4.79 Å². The van der Waals surface area contributed by atoms with E-state index in [1.54, 1.807) is 11.8 Å². The van der Waals surface area contributed by atoms with Crippen LogP contribution in [0.25, 0.3) is 0 Å². The number of nitrogens with zero attached hydrogens (tertiary/aromatic N) is 1. The fourth-order valence-corrected chi connectivity index (χ4v) is 2.53. The molecule has 0 bridgehead atoms. The van der Waals surface area contributed by atoms with Crippen LogP contribution in [-0.2, 0) is 4.79 Å². The van der Waals surface area contributed by atoms with Crippen molar-refractivity contribution in [3.05, 3.63) is 0 Å².